The molecule has 0 saturated carbocycles. The highest BCUT2D eigenvalue weighted by Gasteiger charge is 2.20. The van der Waals surface area contributed by atoms with Crippen molar-refractivity contribution in [1.29, 1.82) is 0 Å². The number of phenols is 1. The molecule has 1 aromatic carbocycles. The van der Waals surface area contributed by atoms with Crippen LogP contribution in [0.4, 0.5) is 4.39 Å². The standard InChI is InChI=1S/C20H17ClFN3O2S/c21-16-9-13(10-18(19(16)26)27-7-1-4-22)8-15-11-25-12-17(24-20(25)28-15)14-2-5-23-6-3-14/h2-3,5-6,8-10,12,26H,1,4,7,11H2. The number of aromatic hydroxyl groups is 1. The smallest absolute Gasteiger partial charge is 0.176 e. The number of halogens is 2. The zero-order chi connectivity index (χ0) is 19.5. The summed E-state index contributed by atoms with van der Waals surface area (Å²) in [5, 5.41) is 11.2. The molecule has 0 atom stereocenters. The first-order valence-electron chi connectivity index (χ1n) is 8.71. The summed E-state index contributed by atoms with van der Waals surface area (Å²) in [6, 6.07) is 7.25. The number of nitrogens with zero attached hydrogens (tertiary/aromatic N) is 3. The molecule has 1 N–H and O–H groups in total. The van der Waals surface area contributed by atoms with Crippen molar-refractivity contribution >= 4 is 29.4 Å². The van der Waals surface area contributed by atoms with Crippen molar-refractivity contribution in [2.45, 2.75) is 18.1 Å². The lowest BCUT2D eigenvalue weighted by Gasteiger charge is -2.10. The first-order valence-corrected chi connectivity index (χ1v) is 9.91. The lowest BCUT2D eigenvalue weighted by molar-refractivity contribution is 0.277. The molecule has 0 unspecified atom stereocenters. The zero-order valence-corrected chi connectivity index (χ0v) is 16.4. The van der Waals surface area contributed by atoms with Crippen molar-refractivity contribution in [1.82, 2.24) is 14.5 Å². The number of pyridine rings is 1. The van der Waals surface area contributed by atoms with Gasteiger partial charge in [-0.05, 0) is 35.9 Å². The number of phenolic OH excluding ortho intramolecular Hbond substituents is 1. The molecule has 1 aliphatic heterocycles. The number of imidazole rings is 1. The maximum atomic E-state index is 12.3. The van der Waals surface area contributed by atoms with Crippen molar-refractivity contribution in [2.75, 3.05) is 13.3 Å². The summed E-state index contributed by atoms with van der Waals surface area (Å²) in [5.74, 6) is 0.130. The Labute approximate surface area is 170 Å². The molecule has 1 aliphatic rings. The van der Waals surface area contributed by atoms with Crippen LogP contribution in [0.2, 0.25) is 5.02 Å². The summed E-state index contributed by atoms with van der Waals surface area (Å²) >= 11 is 7.70. The quantitative estimate of drug-likeness (QED) is 0.559. The third-order valence-electron chi connectivity index (χ3n) is 4.18. The lowest BCUT2D eigenvalue weighted by Crippen LogP contribution is -1.99. The van der Waals surface area contributed by atoms with Gasteiger partial charge in [-0.2, -0.15) is 0 Å². The van der Waals surface area contributed by atoms with E-state index in [9.17, 15) is 9.50 Å². The van der Waals surface area contributed by atoms with Gasteiger partial charge in [0.05, 0.1) is 30.5 Å². The van der Waals surface area contributed by atoms with Crippen LogP contribution >= 0.6 is 23.4 Å². The van der Waals surface area contributed by atoms with E-state index in [2.05, 4.69) is 14.5 Å². The summed E-state index contributed by atoms with van der Waals surface area (Å²) in [7, 11) is 0. The topological polar surface area (TPSA) is 60.2 Å². The van der Waals surface area contributed by atoms with E-state index in [0.29, 0.717) is 6.54 Å². The Morgan fingerprint density at radius 3 is 2.89 bits per heavy atom. The number of alkyl halides is 1. The number of hydrogen-bond acceptors (Lipinski definition) is 5. The molecular weight excluding hydrogens is 401 g/mol. The van der Waals surface area contributed by atoms with Crippen LogP contribution in [0.15, 0.2) is 52.9 Å². The van der Waals surface area contributed by atoms with Crippen LogP contribution in [0.3, 0.4) is 0 Å². The maximum absolute atomic E-state index is 12.3. The molecule has 2 aromatic heterocycles. The van der Waals surface area contributed by atoms with Gasteiger partial charge in [0, 0.05) is 35.5 Å². The minimum atomic E-state index is -0.470. The van der Waals surface area contributed by atoms with Gasteiger partial charge < -0.3 is 14.4 Å². The second-order valence-corrected chi connectivity index (χ2v) is 7.73. The summed E-state index contributed by atoms with van der Waals surface area (Å²) < 4.78 is 19.8. The number of allylic oxidation sites excluding steroid dienone is 1. The number of ether oxygens (including phenoxy) is 1. The molecule has 0 radical (unpaired) electrons. The van der Waals surface area contributed by atoms with Gasteiger partial charge >= 0.3 is 0 Å². The first kappa shape index (κ1) is 18.8. The number of rotatable bonds is 6. The predicted octanol–water partition coefficient (Wildman–Crippen LogP) is 5.19. The summed E-state index contributed by atoms with van der Waals surface area (Å²) in [4.78, 5) is 9.81. The van der Waals surface area contributed by atoms with Gasteiger partial charge in [0.1, 0.15) is 0 Å². The molecule has 28 heavy (non-hydrogen) atoms. The Bertz CT molecular complexity index is 998. The number of thioether (sulfide) groups is 1. The Kier molecular flexibility index (Phi) is 5.54. The van der Waals surface area contributed by atoms with Crippen LogP contribution < -0.4 is 4.74 Å². The van der Waals surface area contributed by atoms with Crippen molar-refractivity contribution in [3.8, 4) is 22.8 Å². The molecule has 5 nitrogen and oxygen atoms in total. The molecule has 0 saturated heterocycles. The molecule has 3 heterocycles. The molecule has 3 aromatic rings. The monoisotopic (exact) mass is 417 g/mol. The van der Waals surface area contributed by atoms with E-state index in [4.69, 9.17) is 16.3 Å². The minimum Gasteiger partial charge on any atom is -0.503 e. The Morgan fingerprint density at radius 1 is 1.32 bits per heavy atom. The van der Waals surface area contributed by atoms with E-state index in [1.807, 2.05) is 24.4 Å². The Morgan fingerprint density at radius 2 is 2.14 bits per heavy atom. The molecule has 4 rings (SSSR count). The van der Waals surface area contributed by atoms with Gasteiger partial charge in [-0.1, -0.05) is 23.4 Å². The van der Waals surface area contributed by atoms with Crippen LogP contribution in [-0.2, 0) is 6.54 Å². The highest BCUT2D eigenvalue weighted by molar-refractivity contribution is 8.03. The summed E-state index contributed by atoms with van der Waals surface area (Å²) in [5.41, 5.74) is 2.75. The van der Waals surface area contributed by atoms with Crippen LogP contribution in [0.25, 0.3) is 17.3 Å². The fourth-order valence-electron chi connectivity index (χ4n) is 2.86. The van der Waals surface area contributed by atoms with Gasteiger partial charge in [-0.3, -0.25) is 9.37 Å². The SMILES string of the molecule is Oc1c(Cl)cc(C=C2Cn3cc(-c4ccncc4)nc3S2)cc1OCCCF. The van der Waals surface area contributed by atoms with Gasteiger partial charge in [0.2, 0.25) is 0 Å². The lowest BCUT2D eigenvalue weighted by atomic mass is 10.2. The molecule has 0 aliphatic carbocycles. The average molecular weight is 418 g/mol. The number of aromatic nitrogens is 3. The molecule has 0 spiro atoms. The summed E-state index contributed by atoms with van der Waals surface area (Å²) in [6.07, 6.45) is 7.77. The first-order chi connectivity index (χ1) is 13.6. The van der Waals surface area contributed by atoms with E-state index in [1.54, 1.807) is 36.3 Å². The van der Waals surface area contributed by atoms with E-state index in [-0.39, 0.29) is 29.5 Å². The normalized spacial score (nSPS) is 14.4. The highest BCUT2D eigenvalue weighted by Crippen LogP contribution is 2.40. The van der Waals surface area contributed by atoms with Crippen molar-refractivity contribution < 1.29 is 14.2 Å². The van der Waals surface area contributed by atoms with E-state index < -0.39 is 6.67 Å². The third-order valence-corrected chi connectivity index (χ3v) is 5.48. The molecule has 0 bridgehead atoms. The van der Waals surface area contributed by atoms with Crippen molar-refractivity contribution in [3.05, 3.63) is 58.3 Å². The number of fused-ring (bicyclic) bond motifs is 1. The van der Waals surface area contributed by atoms with Gasteiger partial charge in [0.15, 0.2) is 16.7 Å². The van der Waals surface area contributed by atoms with E-state index >= 15 is 0 Å². The zero-order valence-electron chi connectivity index (χ0n) is 14.8. The maximum Gasteiger partial charge on any atom is 0.176 e. The predicted molar refractivity (Wildman–Crippen MR) is 108 cm³/mol. The second kappa shape index (κ2) is 8.24. The average Bonchev–Trinajstić information content (AvgIpc) is 3.25. The Hall–Kier alpha value is -2.51. The minimum absolute atomic E-state index is 0.128. The van der Waals surface area contributed by atoms with Crippen LogP contribution in [0.5, 0.6) is 11.5 Å². The van der Waals surface area contributed by atoms with Gasteiger partial charge in [0.25, 0.3) is 0 Å². The molecule has 8 heteroatoms. The Balaban J connectivity index is 1.52. The fourth-order valence-corrected chi connectivity index (χ4v) is 4.09. The number of benzene rings is 1. The second-order valence-electron chi connectivity index (χ2n) is 6.23. The molecule has 0 amide bonds. The third kappa shape index (κ3) is 4.00. The largest absolute Gasteiger partial charge is 0.503 e. The molecule has 144 valence electrons. The van der Waals surface area contributed by atoms with E-state index in [0.717, 1.165) is 26.9 Å². The fraction of sp³-hybridized carbons (Fsp3) is 0.200. The highest BCUT2D eigenvalue weighted by atomic mass is 35.5. The van der Waals surface area contributed by atoms with Crippen LogP contribution in [0.1, 0.15) is 12.0 Å². The van der Waals surface area contributed by atoms with Crippen LogP contribution in [-0.4, -0.2) is 32.9 Å². The molecular formula is C20H17ClFN3O2S. The van der Waals surface area contributed by atoms with Crippen LogP contribution in [0, 0.1) is 0 Å². The van der Waals surface area contributed by atoms with Gasteiger partial charge in [-0.25, -0.2) is 4.98 Å². The van der Waals surface area contributed by atoms with Crippen molar-refractivity contribution in [3.63, 3.8) is 0 Å². The van der Waals surface area contributed by atoms with Gasteiger partial charge in [-0.15, -0.1) is 0 Å². The number of hydrogen-bond donors (Lipinski definition) is 1. The van der Waals surface area contributed by atoms with E-state index in [1.165, 1.54) is 0 Å². The van der Waals surface area contributed by atoms with Crippen molar-refractivity contribution in [2.24, 2.45) is 0 Å². The summed E-state index contributed by atoms with van der Waals surface area (Å²) in [6.45, 7) is 0.415. The molecule has 0 fully saturated rings.